The van der Waals surface area contributed by atoms with Gasteiger partial charge in [0.15, 0.2) is 6.61 Å². The summed E-state index contributed by atoms with van der Waals surface area (Å²) in [6.07, 6.45) is 5.50. The van der Waals surface area contributed by atoms with Gasteiger partial charge in [0.1, 0.15) is 11.8 Å². The summed E-state index contributed by atoms with van der Waals surface area (Å²) >= 11 is 3.50. The molecule has 178 valence electrons. The van der Waals surface area contributed by atoms with Gasteiger partial charge in [-0.15, -0.1) is 0 Å². The highest BCUT2D eigenvalue weighted by Gasteiger charge is 2.28. The summed E-state index contributed by atoms with van der Waals surface area (Å²) in [6, 6.07) is 21.1. The topological polar surface area (TPSA) is 58.6 Å². The minimum Gasteiger partial charge on any atom is -0.483 e. The summed E-state index contributed by atoms with van der Waals surface area (Å²) in [7, 11) is 0. The number of amides is 2. The average Bonchev–Trinajstić information content (AvgIpc) is 2.86. The molecular weight excluding hydrogens is 492 g/mol. The molecule has 6 heteroatoms. The van der Waals surface area contributed by atoms with Crippen LogP contribution in [0.4, 0.5) is 0 Å². The number of halogens is 1. The van der Waals surface area contributed by atoms with Gasteiger partial charge in [0.05, 0.1) is 0 Å². The van der Waals surface area contributed by atoms with Crippen LogP contribution in [0.1, 0.15) is 44.6 Å². The third kappa shape index (κ3) is 6.17. The van der Waals surface area contributed by atoms with E-state index in [1.807, 2.05) is 66.7 Å². The second-order valence-corrected chi connectivity index (χ2v) is 9.85. The van der Waals surface area contributed by atoms with Crippen LogP contribution in [-0.2, 0) is 16.1 Å². The molecule has 1 aliphatic rings. The summed E-state index contributed by atoms with van der Waals surface area (Å²) < 4.78 is 6.91. The highest BCUT2D eigenvalue weighted by molar-refractivity contribution is 9.10. The van der Waals surface area contributed by atoms with Crippen molar-refractivity contribution in [3.63, 3.8) is 0 Å². The normalized spacial score (nSPS) is 15.0. The maximum Gasteiger partial charge on any atom is 0.261 e. The van der Waals surface area contributed by atoms with E-state index in [0.29, 0.717) is 12.3 Å². The number of hydrogen-bond acceptors (Lipinski definition) is 3. The van der Waals surface area contributed by atoms with Crippen molar-refractivity contribution in [3.8, 4) is 5.75 Å². The second-order valence-electron chi connectivity index (χ2n) is 8.94. The molecule has 0 spiro atoms. The SMILES string of the molecule is C[C@@H](C(=O)NC1CCCCC1)N(Cc1cccc(Br)c1)C(=O)COc1cccc2ccccc12. The van der Waals surface area contributed by atoms with E-state index in [1.54, 1.807) is 11.8 Å². The summed E-state index contributed by atoms with van der Waals surface area (Å²) in [5.74, 6) is 0.327. The van der Waals surface area contributed by atoms with E-state index < -0.39 is 6.04 Å². The third-order valence-corrected chi connectivity index (χ3v) is 6.95. The Morgan fingerprint density at radius 2 is 1.76 bits per heavy atom. The molecule has 1 atom stereocenters. The lowest BCUT2D eigenvalue weighted by atomic mass is 9.95. The molecule has 1 fully saturated rings. The first kappa shape index (κ1) is 24.3. The molecule has 0 unspecified atom stereocenters. The van der Waals surface area contributed by atoms with E-state index in [2.05, 4.69) is 21.2 Å². The van der Waals surface area contributed by atoms with Gasteiger partial charge in [0, 0.05) is 22.4 Å². The summed E-state index contributed by atoms with van der Waals surface area (Å²) in [4.78, 5) is 28.1. The predicted octanol–water partition coefficient (Wildman–Crippen LogP) is 5.85. The van der Waals surface area contributed by atoms with Crippen molar-refractivity contribution in [1.29, 1.82) is 0 Å². The Morgan fingerprint density at radius 3 is 2.56 bits per heavy atom. The third-order valence-electron chi connectivity index (χ3n) is 6.46. The first-order valence-electron chi connectivity index (χ1n) is 12.0. The highest BCUT2D eigenvalue weighted by Crippen LogP contribution is 2.25. The van der Waals surface area contributed by atoms with Gasteiger partial charge in [-0.3, -0.25) is 9.59 Å². The molecule has 1 aliphatic carbocycles. The smallest absolute Gasteiger partial charge is 0.261 e. The minimum absolute atomic E-state index is 0.111. The highest BCUT2D eigenvalue weighted by atomic mass is 79.9. The van der Waals surface area contributed by atoms with Crippen LogP contribution in [0.3, 0.4) is 0 Å². The molecule has 0 radical (unpaired) electrons. The lowest BCUT2D eigenvalue weighted by Crippen LogP contribution is -2.51. The van der Waals surface area contributed by atoms with Gasteiger partial charge in [0.25, 0.3) is 5.91 Å². The van der Waals surface area contributed by atoms with Gasteiger partial charge >= 0.3 is 0 Å². The number of nitrogens with one attached hydrogen (secondary N) is 1. The maximum absolute atomic E-state index is 13.4. The number of carbonyl (C=O) groups excluding carboxylic acids is 2. The molecule has 0 aliphatic heterocycles. The van der Waals surface area contributed by atoms with E-state index in [-0.39, 0.29) is 24.5 Å². The molecule has 1 N–H and O–H groups in total. The fourth-order valence-electron chi connectivity index (χ4n) is 4.53. The number of carbonyl (C=O) groups is 2. The van der Waals surface area contributed by atoms with Crippen molar-refractivity contribution in [2.75, 3.05) is 6.61 Å². The van der Waals surface area contributed by atoms with E-state index in [4.69, 9.17) is 4.74 Å². The molecule has 0 heterocycles. The van der Waals surface area contributed by atoms with Crippen molar-refractivity contribution < 1.29 is 14.3 Å². The molecule has 0 aromatic heterocycles. The number of hydrogen-bond donors (Lipinski definition) is 1. The molecule has 4 rings (SSSR count). The summed E-state index contributed by atoms with van der Waals surface area (Å²) in [5, 5.41) is 5.18. The molecular formula is C28H31BrN2O3. The van der Waals surface area contributed by atoms with Crippen molar-refractivity contribution in [2.45, 2.75) is 57.7 Å². The number of nitrogens with zero attached hydrogens (tertiary/aromatic N) is 1. The first-order chi connectivity index (χ1) is 16.5. The van der Waals surface area contributed by atoms with Crippen molar-refractivity contribution >= 4 is 38.5 Å². The van der Waals surface area contributed by atoms with E-state index in [0.717, 1.165) is 46.5 Å². The second kappa shape index (κ2) is 11.5. The van der Waals surface area contributed by atoms with Gasteiger partial charge in [0.2, 0.25) is 5.91 Å². The Balaban J connectivity index is 1.50. The molecule has 5 nitrogen and oxygen atoms in total. The van der Waals surface area contributed by atoms with Crippen molar-refractivity contribution in [2.24, 2.45) is 0 Å². The summed E-state index contributed by atoms with van der Waals surface area (Å²) in [6.45, 7) is 1.99. The fourth-order valence-corrected chi connectivity index (χ4v) is 4.97. The largest absolute Gasteiger partial charge is 0.483 e. The van der Waals surface area contributed by atoms with Gasteiger partial charge in [-0.1, -0.05) is 83.7 Å². The average molecular weight is 523 g/mol. The van der Waals surface area contributed by atoms with E-state index in [9.17, 15) is 9.59 Å². The van der Waals surface area contributed by atoms with Gasteiger partial charge in [-0.25, -0.2) is 0 Å². The van der Waals surface area contributed by atoms with Crippen LogP contribution in [0.5, 0.6) is 5.75 Å². The standard InChI is InChI=1S/C28H31BrN2O3/c1-20(28(33)30-24-13-3-2-4-14-24)31(18-21-9-7-12-23(29)17-21)27(32)19-34-26-16-8-11-22-10-5-6-15-25(22)26/h5-12,15-17,20,24H,2-4,13-14,18-19H2,1H3,(H,30,33)/t20-/m0/s1. The lowest BCUT2D eigenvalue weighted by Gasteiger charge is -2.31. The van der Waals surface area contributed by atoms with Crippen molar-refractivity contribution in [3.05, 3.63) is 76.8 Å². The fraction of sp³-hybridized carbons (Fsp3) is 0.357. The molecule has 0 saturated heterocycles. The summed E-state index contributed by atoms with van der Waals surface area (Å²) in [5.41, 5.74) is 0.949. The molecule has 1 saturated carbocycles. The van der Waals surface area contributed by atoms with Gasteiger partial charge in [-0.2, -0.15) is 0 Å². The number of rotatable bonds is 8. The number of fused-ring (bicyclic) bond motifs is 1. The van der Waals surface area contributed by atoms with Crippen LogP contribution < -0.4 is 10.1 Å². The Bertz CT molecular complexity index is 1140. The van der Waals surface area contributed by atoms with Crippen molar-refractivity contribution in [1.82, 2.24) is 10.2 Å². The predicted molar refractivity (Wildman–Crippen MR) is 139 cm³/mol. The molecule has 34 heavy (non-hydrogen) atoms. The van der Waals surface area contributed by atoms with Crippen LogP contribution >= 0.6 is 15.9 Å². The monoisotopic (exact) mass is 522 g/mol. The van der Waals surface area contributed by atoms with Crippen LogP contribution in [0.25, 0.3) is 10.8 Å². The lowest BCUT2D eigenvalue weighted by molar-refractivity contribution is -0.142. The maximum atomic E-state index is 13.4. The Labute approximate surface area is 209 Å². The van der Waals surface area contributed by atoms with Crippen LogP contribution in [0.15, 0.2) is 71.2 Å². The zero-order chi connectivity index (χ0) is 23.9. The molecule has 2 amide bonds. The molecule has 3 aromatic rings. The van der Waals surface area contributed by atoms with Crippen LogP contribution in [-0.4, -0.2) is 35.4 Å². The van der Waals surface area contributed by atoms with Crippen LogP contribution in [0, 0.1) is 0 Å². The number of benzene rings is 3. The first-order valence-corrected chi connectivity index (χ1v) is 12.8. The molecule has 0 bridgehead atoms. The molecule has 3 aromatic carbocycles. The minimum atomic E-state index is -0.607. The Hall–Kier alpha value is -2.86. The zero-order valence-electron chi connectivity index (χ0n) is 19.5. The zero-order valence-corrected chi connectivity index (χ0v) is 21.1. The Kier molecular flexibility index (Phi) is 8.22. The number of ether oxygens (including phenoxy) is 1. The van der Waals surface area contributed by atoms with Gasteiger partial charge in [-0.05, 0) is 48.9 Å². The van der Waals surface area contributed by atoms with E-state index in [1.165, 1.54) is 6.42 Å². The van der Waals surface area contributed by atoms with Crippen LogP contribution in [0.2, 0.25) is 0 Å². The van der Waals surface area contributed by atoms with Gasteiger partial charge < -0.3 is 15.0 Å². The van der Waals surface area contributed by atoms with E-state index >= 15 is 0 Å². The Morgan fingerprint density at radius 1 is 1.03 bits per heavy atom. The quantitative estimate of drug-likeness (QED) is 0.403.